The molecule has 0 N–H and O–H groups in total. The van der Waals surface area contributed by atoms with E-state index in [4.69, 9.17) is 8.85 Å². The highest BCUT2D eigenvalue weighted by Crippen LogP contribution is 2.60. The zero-order valence-electron chi connectivity index (χ0n) is 30.1. The van der Waals surface area contributed by atoms with E-state index in [2.05, 4.69) is 106 Å². The Morgan fingerprint density at radius 2 is 1.26 bits per heavy atom. The lowest BCUT2D eigenvalue weighted by Gasteiger charge is -2.47. The number of likely N-dealkylation sites (tertiary alicyclic amines) is 1. The largest absolute Gasteiger partial charge is 0.411 e. The molecule has 0 aromatic carbocycles. The maximum Gasteiger partial charge on any atom is 0.255 e. The normalized spacial score (nSPS) is 23.2. The lowest BCUT2D eigenvalue weighted by atomic mass is 9.88. The van der Waals surface area contributed by atoms with Crippen molar-refractivity contribution in [2.75, 3.05) is 23.0 Å². The molecule has 0 aromatic heterocycles. The molecule has 2 aliphatic rings. The van der Waals surface area contributed by atoms with Gasteiger partial charge in [0.25, 0.3) is 5.91 Å². The number of fused-ring (bicyclic) bond motifs is 1. The number of carbonyl (C=O) groups excluding carboxylic acids is 1. The first kappa shape index (κ1) is 40.1. The molecule has 1 amide bonds. The molecule has 43 heavy (non-hydrogen) atoms. The third-order valence-corrected chi connectivity index (χ3v) is 25.2. The van der Waals surface area contributed by atoms with E-state index in [0.717, 1.165) is 55.1 Å². The van der Waals surface area contributed by atoms with E-state index in [1.807, 2.05) is 47.0 Å². The average molecular weight is 708 g/mol. The standard InChI is InChI=1S/C33H65NO3S4Si2/c1-15-19-38-30(39-20-16-2)34-26-24-28(37-43(13,14)32(8,9)10)27(36-42(11,12)31(5,6)7)23-25(26)33(29(34)35,40-21-17-3)41-22-18-4/h24-25,27-28,30H,15-23H2,1-14H3/t25?,27-,28-/m1/s1. The van der Waals surface area contributed by atoms with Crippen molar-refractivity contribution in [2.45, 2.75) is 159 Å². The van der Waals surface area contributed by atoms with Crippen LogP contribution in [0.15, 0.2) is 11.8 Å². The van der Waals surface area contributed by atoms with E-state index in [-0.39, 0.29) is 32.9 Å². The summed E-state index contributed by atoms with van der Waals surface area (Å²) in [5, 5.41) is 0.184. The van der Waals surface area contributed by atoms with Gasteiger partial charge in [0.2, 0.25) is 0 Å². The second kappa shape index (κ2) is 16.4. The predicted molar refractivity (Wildman–Crippen MR) is 205 cm³/mol. The molecule has 1 unspecified atom stereocenters. The Morgan fingerprint density at radius 1 is 0.814 bits per heavy atom. The molecule has 1 heterocycles. The van der Waals surface area contributed by atoms with Gasteiger partial charge in [-0.1, -0.05) is 69.2 Å². The number of allylic oxidation sites excluding steroid dienone is 1. The van der Waals surface area contributed by atoms with Crippen molar-refractivity contribution in [3.63, 3.8) is 0 Å². The minimum absolute atomic E-state index is 0.0506. The molecule has 3 atom stereocenters. The Balaban J connectivity index is 2.80. The number of carbonyl (C=O) groups is 1. The fourth-order valence-electron chi connectivity index (χ4n) is 4.93. The Kier molecular flexibility index (Phi) is 15.3. The van der Waals surface area contributed by atoms with Crippen LogP contribution in [0.5, 0.6) is 0 Å². The van der Waals surface area contributed by atoms with E-state index < -0.39 is 20.7 Å². The maximum atomic E-state index is 15.0. The molecule has 0 aromatic rings. The first-order valence-corrected chi connectivity index (χ1v) is 26.6. The van der Waals surface area contributed by atoms with Crippen LogP contribution >= 0.6 is 47.0 Å². The van der Waals surface area contributed by atoms with Gasteiger partial charge in [-0.3, -0.25) is 9.69 Å². The summed E-state index contributed by atoms with van der Waals surface area (Å²) in [5.74, 6) is 4.54. The van der Waals surface area contributed by atoms with Gasteiger partial charge in [0.05, 0.1) is 12.2 Å². The number of rotatable bonds is 17. The summed E-state index contributed by atoms with van der Waals surface area (Å²) in [4.78, 5) is 17.3. The van der Waals surface area contributed by atoms with Crippen LogP contribution in [-0.4, -0.2) is 71.4 Å². The van der Waals surface area contributed by atoms with E-state index in [1.165, 1.54) is 5.70 Å². The summed E-state index contributed by atoms with van der Waals surface area (Å²) >= 11 is 7.73. The maximum absolute atomic E-state index is 15.0. The number of hydrogen-bond acceptors (Lipinski definition) is 7. The average Bonchev–Trinajstić information content (AvgIpc) is 3.11. The molecule has 2 rings (SSSR count). The second-order valence-corrected chi connectivity index (χ2v) is 30.4. The van der Waals surface area contributed by atoms with Gasteiger partial charge in [-0.15, -0.1) is 47.0 Å². The van der Waals surface area contributed by atoms with Gasteiger partial charge >= 0.3 is 0 Å². The second-order valence-electron chi connectivity index (χ2n) is 15.2. The monoisotopic (exact) mass is 707 g/mol. The summed E-state index contributed by atoms with van der Waals surface area (Å²) in [5.41, 5.74) is 1.22. The molecule has 1 aliphatic carbocycles. The molecule has 1 fully saturated rings. The van der Waals surface area contributed by atoms with Crippen molar-refractivity contribution in [1.82, 2.24) is 4.90 Å². The van der Waals surface area contributed by atoms with Gasteiger partial charge in [0.15, 0.2) is 16.6 Å². The van der Waals surface area contributed by atoms with Gasteiger partial charge in [-0.05, 0) is 97.5 Å². The van der Waals surface area contributed by atoms with Crippen LogP contribution in [0.1, 0.15) is 101 Å². The lowest BCUT2D eigenvalue weighted by molar-refractivity contribution is -0.126. The summed E-state index contributed by atoms with van der Waals surface area (Å²) in [6.45, 7) is 32.3. The summed E-state index contributed by atoms with van der Waals surface area (Å²) in [6.07, 6.45) is 7.39. The molecular formula is C33H65NO3S4Si2. The molecule has 10 heteroatoms. The molecular weight excluding hydrogens is 643 g/mol. The molecule has 1 aliphatic heterocycles. The highest BCUT2D eigenvalue weighted by atomic mass is 32.2. The number of hydrogen-bond donors (Lipinski definition) is 0. The fourth-order valence-corrected chi connectivity index (χ4v) is 13.2. The number of nitrogens with zero attached hydrogens (tertiary/aromatic N) is 1. The highest BCUT2D eigenvalue weighted by molar-refractivity contribution is 8.19. The number of amides is 1. The van der Waals surface area contributed by atoms with Crippen LogP contribution in [0.25, 0.3) is 0 Å². The third-order valence-electron chi connectivity index (χ3n) is 9.45. The van der Waals surface area contributed by atoms with E-state index >= 15 is 4.79 Å². The summed E-state index contributed by atoms with van der Waals surface area (Å²) in [6, 6.07) is 0. The minimum Gasteiger partial charge on any atom is -0.411 e. The zero-order valence-corrected chi connectivity index (χ0v) is 35.3. The van der Waals surface area contributed by atoms with Crippen LogP contribution in [0.4, 0.5) is 0 Å². The topological polar surface area (TPSA) is 38.8 Å². The minimum atomic E-state index is -2.12. The smallest absolute Gasteiger partial charge is 0.255 e. The van der Waals surface area contributed by atoms with Gasteiger partial charge < -0.3 is 8.85 Å². The predicted octanol–water partition coefficient (Wildman–Crippen LogP) is 11.1. The van der Waals surface area contributed by atoms with Crippen molar-refractivity contribution >= 4 is 69.6 Å². The SMILES string of the molecule is CCCSC(SCCC)N1C(=O)C(SCCC)(SCCC)C2C[C@@H](O[Si](C)(C)C(C)(C)C)[C@H](O[Si](C)(C)C(C)(C)C)C=C21. The highest BCUT2D eigenvalue weighted by Gasteiger charge is 2.62. The van der Waals surface area contributed by atoms with Crippen molar-refractivity contribution in [1.29, 1.82) is 0 Å². The van der Waals surface area contributed by atoms with Gasteiger partial charge in [0.1, 0.15) is 8.78 Å². The molecule has 0 spiro atoms. The summed E-state index contributed by atoms with van der Waals surface area (Å²) in [7, 11) is -4.22. The third kappa shape index (κ3) is 9.53. The van der Waals surface area contributed by atoms with Crippen LogP contribution in [0.3, 0.4) is 0 Å². The quantitative estimate of drug-likeness (QED) is 0.110. The van der Waals surface area contributed by atoms with Crippen LogP contribution in [0, 0.1) is 5.92 Å². The van der Waals surface area contributed by atoms with Crippen LogP contribution in [-0.2, 0) is 13.6 Å². The van der Waals surface area contributed by atoms with Crippen molar-refractivity contribution in [2.24, 2.45) is 5.92 Å². The molecule has 0 bridgehead atoms. The van der Waals surface area contributed by atoms with Gasteiger partial charge in [-0.25, -0.2) is 0 Å². The van der Waals surface area contributed by atoms with E-state index in [0.29, 0.717) is 5.91 Å². The lowest BCUT2D eigenvalue weighted by Crippen LogP contribution is -2.54. The van der Waals surface area contributed by atoms with Crippen molar-refractivity contribution in [3.8, 4) is 0 Å². The fraction of sp³-hybridized carbons (Fsp3) is 0.909. The van der Waals surface area contributed by atoms with Crippen LogP contribution < -0.4 is 0 Å². The molecule has 0 saturated carbocycles. The van der Waals surface area contributed by atoms with E-state index in [9.17, 15) is 0 Å². The molecule has 0 radical (unpaired) electrons. The van der Waals surface area contributed by atoms with Gasteiger partial charge in [-0.2, -0.15) is 0 Å². The van der Waals surface area contributed by atoms with Gasteiger partial charge in [0, 0.05) is 11.6 Å². The molecule has 4 nitrogen and oxygen atoms in total. The van der Waals surface area contributed by atoms with Crippen molar-refractivity contribution < 1.29 is 13.6 Å². The Labute approximate surface area is 285 Å². The van der Waals surface area contributed by atoms with E-state index in [1.54, 1.807) is 0 Å². The molecule has 252 valence electrons. The Hall–Kier alpha value is 0.964. The first-order chi connectivity index (χ1) is 19.8. The molecule has 1 saturated heterocycles. The Bertz CT molecular complexity index is 916. The number of thioether (sulfide) groups is 4. The Morgan fingerprint density at radius 3 is 1.67 bits per heavy atom. The summed E-state index contributed by atoms with van der Waals surface area (Å²) < 4.78 is 14.2. The zero-order chi connectivity index (χ0) is 32.9. The van der Waals surface area contributed by atoms with Crippen molar-refractivity contribution in [3.05, 3.63) is 11.8 Å². The first-order valence-electron chi connectivity index (χ1n) is 16.8. The van der Waals surface area contributed by atoms with Crippen LogP contribution in [0.2, 0.25) is 36.3 Å².